The standard InChI is InChI=1S/C13H28N2O2/c1-4-16-13(17-5-2)8-9-14-10-11-15(3)12-6-7-12/h12-14H,4-11H2,1-3H3. The summed E-state index contributed by atoms with van der Waals surface area (Å²) < 4.78 is 11.0. The molecule has 0 aliphatic heterocycles. The van der Waals surface area contributed by atoms with Crippen molar-refractivity contribution in [1.29, 1.82) is 0 Å². The lowest BCUT2D eigenvalue weighted by atomic mass is 10.4. The lowest BCUT2D eigenvalue weighted by Crippen LogP contribution is -2.32. The van der Waals surface area contributed by atoms with Crippen LogP contribution in [0, 0.1) is 0 Å². The van der Waals surface area contributed by atoms with E-state index < -0.39 is 0 Å². The summed E-state index contributed by atoms with van der Waals surface area (Å²) in [6.07, 6.45) is 3.65. The molecular weight excluding hydrogens is 216 g/mol. The highest BCUT2D eigenvalue weighted by molar-refractivity contribution is 4.82. The molecule has 1 rings (SSSR count). The average molecular weight is 244 g/mol. The first-order chi connectivity index (χ1) is 8.27. The van der Waals surface area contributed by atoms with Crippen molar-refractivity contribution in [3.63, 3.8) is 0 Å². The quantitative estimate of drug-likeness (QED) is 0.441. The average Bonchev–Trinajstić information content (AvgIpc) is 3.12. The number of rotatable bonds is 11. The van der Waals surface area contributed by atoms with E-state index in [1.165, 1.54) is 12.8 Å². The van der Waals surface area contributed by atoms with Crippen LogP contribution in [-0.2, 0) is 9.47 Å². The monoisotopic (exact) mass is 244 g/mol. The number of ether oxygens (including phenoxy) is 2. The summed E-state index contributed by atoms with van der Waals surface area (Å²) in [5, 5.41) is 3.44. The Labute approximate surface area is 106 Å². The van der Waals surface area contributed by atoms with Gasteiger partial charge in [0.15, 0.2) is 6.29 Å². The van der Waals surface area contributed by atoms with Crippen molar-refractivity contribution >= 4 is 0 Å². The highest BCUT2D eigenvalue weighted by Gasteiger charge is 2.25. The van der Waals surface area contributed by atoms with Crippen molar-refractivity contribution in [2.45, 2.75) is 45.4 Å². The summed E-state index contributed by atoms with van der Waals surface area (Å²) in [5.74, 6) is 0. The van der Waals surface area contributed by atoms with E-state index in [-0.39, 0.29) is 6.29 Å². The predicted molar refractivity (Wildman–Crippen MR) is 70.2 cm³/mol. The Morgan fingerprint density at radius 2 is 1.82 bits per heavy atom. The molecule has 0 atom stereocenters. The van der Waals surface area contributed by atoms with Gasteiger partial charge in [0.1, 0.15) is 0 Å². The van der Waals surface area contributed by atoms with Crippen LogP contribution in [0.3, 0.4) is 0 Å². The summed E-state index contributed by atoms with van der Waals surface area (Å²) in [6, 6.07) is 0.858. The lowest BCUT2D eigenvalue weighted by Gasteiger charge is -2.18. The minimum atomic E-state index is -0.0429. The Morgan fingerprint density at radius 3 is 2.35 bits per heavy atom. The Hall–Kier alpha value is -0.160. The number of hydrogen-bond donors (Lipinski definition) is 1. The third kappa shape index (κ3) is 6.99. The van der Waals surface area contributed by atoms with Gasteiger partial charge in [-0.1, -0.05) is 0 Å². The van der Waals surface area contributed by atoms with E-state index in [4.69, 9.17) is 9.47 Å². The first-order valence-corrected chi connectivity index (χ1v) is 6.92. The molecule has 1 aliphatic rings. The van der Waals surface area contributed by atoms with E-state index in [0.717, 1.165) is 45.3 Å². The van der Waals surface area contributed by atoms with Gasteiger partial charge in [0.2, 0.25) is 0 Å². The van der Waals surface area contributed by atoms with Crippen LogP contribution in [0.15, 0.2) is 0 Å². The Morgan fingerprint density at radius 1 is 1.18 bits per heavy atom. The normalized spacial score (nSPS) is 16.1. The van der Waals surface area contributed by atoms with Gasteiger partial charge in [-0.25, -0.2) is 0 Å². The molecule has 1 aliphatic carbocycles. The minimum absolute atomic E-state index is 0.0429. The van der Waals surface area contributed by atoms with Crippen LogP contribution in [0.1, 0.15) is 33.1 Å². The molecule has 102 valence electrons. The van der Waals surface area contributed by atoms with Crippen LogP contribution in [0.4, 0.5) is 0 Å². The fraction of sp³-hybridized carbons (Fsp3) is 1.00. The highest BCUT2D eigenvalue weighted by atomic mass is 16.7. The van der Waals surface area contributed by atoms with Crippen molar-refractivity contribution in [2.24, 2.45) is 0 Å². The zero-order valence-electron chi connectivity index (χ0n) is 11.6. The maximum Gasteiger partial charge on any atom is 0.158 e. The van der Waals surface area contributed by atoms with Crippen LogP contribution < -0.4 is 5.32 Å². The van der Waals surface area contributed by atoms with E-state index >= 15 is 0 Å². The Bertz CT molecular complexity index is 180. The van der Waals surface area contributed by atoms with Crippen LogP contribution in [0.25, 0.3) is 0 Å². The highest BCUT2D eigenvalue weighted by Crippen LogP contribution is 2.24. The van der Waals surface area contributed by atoms with Crippen LogP contribution in [0.5, 0.6) is 0 Å². The predicted octanol–water partition coefficient (Wildman–Crippen LogP) is 1.46. The molecule has 0 radical (unpaired) electrons. The van der Waals surface area contributed by atoms with Crippen molar-refractivity contribution in [3.8, 4) is 0 Å². The first-order valence-electron chi connectivity index (χ1n) is 6.92. The summed E-state index contributed by atoms with van der Waals surface area (Å²) in [4.78, 5) is 2.44. The van der Waals surface area contributed by atoms with E-state index in [1.54, 1.807) is 0 Å². The zero-order valence-corrected chi connectivity index (χ0v) is 11.6. The maximum atomic E-state index is 5.49. The van der Waals surface area contributed by atoms with Crippen molar-refractivity contribution in [2.75, 3.05) is 39.9 Å². The maximum absolute atomic E-state index is 5.49. The molecule has 1 N–H and O–H groups in total. The third-order valence-electron chi connectivity index (χ3n) is 3.07. The largest absolute Gasteiger partial charge is 0.353 e. The summed E-state index contributed by atoms with van der Waals surface area (Å²) in [7, 11) is 2.21. The molecule has 1 fully saturated rings. The number of nitrogens with zero attached hydrogens (tertiary/aromatic N) is 1. The molecule has 0 heterocycles. The van der Waals surface area contributed by atoms with Crippen molar-refractivity contribution in [1.82, 2.24) is 10.2 Å². The molecule has 0 spiro atoms. The topological polar surface area (TPSA) is 33.7 Å². The molecule has 0 unspecified atom stereocenters. The second-order valence-corrected chi connectivity index (χ2v) is 4.59. The molecule has 4 nitrogen and oxygen atoms in total. The van der Waals surface area contributed by atoms with Crippen molar-refractivity contribution in [3.05, 3.63) is 0 Å². The molecule has 4 heteroatoms. The van der Waals surface area contributed by atoms with E-state index in [2.05, 4.69) is 17.3 Å². The van der Waals surface area contributed by atoms with Gasteiger partial charge in [-0.2, -0.15) is 0 Å². The first kappa shape index (κ1) is 14.9. The van der Waals surface area contributed by atoms with Crippen LogP contribution in [0.2, 0.25) is 0 Å². The number of likely N-dealkylation sites (N-methyl/N-ethyl adjacent to an activating group) is 1. The summed E-state index contributed by atoms with van der Waals surface area (Å²) in [6.45, 7) is 8.60. The van der Waals surface area contributed by atoms with Crippen molar-refractivity contribution < 1.29 is 9.47 Å². The molecule has 0 aromatic carbocycles. The number of hydrogen-bond acceptors (Lipinski definition) is 4. The van der Waals surface area contributed by atoms with Gasteiger partial charge in [0, 0.05) is 45.3 Å². The molecule has 0 aromatic heterocycles. The molecule has 1 saturated carbocycles. The van der Waals surface area contributed by atoms with Gasteiger partial charge in [0.25, 0.3) is 0 Å². The fourth-order valence-corrected chi connectivity index (χ4v) is 1.88. The molecule has 0 saturated heterocycles. The second-order valence-electron chi connectivity index (χ2n) is 4.59. The van der Waals surface area contributed by atoms with Gasteiger partial charge in [-0.3, -0.25) is 0 Å². The fourth-order valence-electron chi connectivity index (χ4n) is 1.88. The Kier molecular flexibility index (Phi) is 7.77. The SMILES string of the molecule is CCOC(CCNCCN(C)C1CC1)OCC. The number of nitrogens with one attached hydrogen (secondary N) is 1. The summed E-state index contributed by atoms with van der Waals surface area (Å²) in [5.41, 5.74) is 0. The third-order valence-corrected chi connectivity index (χ3v) is 3.07. The molecule has 0 bridgehead atoms. The van der Waals surface area contributed by atoms with E-state index in [9.17, 15) is 0 Å². The second kappa shape index (κ2) is 8.86. The van der Waals surface area contributed by atoms with E-state index in [0.29, 0.717) is 0 Å². The van der Waals surface area contributed by atoms with E-state index in [1.807, 2.05) is 13.8 Å². The van der Waals surface area contributed by atoms with Crippen LogP contribution >= 0.6 is 0 Å². The smallest absolute Gasteiger partial charge is 0.158 e. The molecular formula is C13H28N2O2. The molecule has 0 aromatic rings. The zero-order chi connectivity index (χ0) is 12.5. The summed E-state index contributed by atoms with van der Waals surface area (Å²) >= 11 is 0. The van der Waals surface area contributed by atoms with Crippen LogP contribution in [-0.4, -0.2) is 57.1 Å². The van der Waals surface area contributed by atoms with Gasteiger partial charge < -0.3 is 19.7 Å². The van der Waals surface area contributed by atoms with Gasteiger partial charge in [-0.15, -0.1) is 0 Å². The van der Waals surface area contributed by atoms with Gasteiger partial charge in [0.05, 0.1) is 0 Å². The molecule has 17 heavy (non-hydrogen) atoms. The molecule has 0 amide bonds. The lowest BCUT2D eigenvalue weighted by molar-refractivity contribution is -0.138. The van der Waals surface area contributed by atoms with Gasteiger partial charge >= 0.3 is 0 Å². The van der Waals surface area contributed by atoms with Gasteiger partial charge in [-0.05, 0) is 33.7 Å². The Balaban J connectivity index is 1.93. The minimum Gasteiger partial charge on any atom is -0.353 e.